The number of hydrogen-bond acceptors (Lipinski definition) is 16. The average molecular weight is 1120 g/mol. The Morgan fingerprint density at radius 1 is 0.582 bits per heavy atom. The Hall–Kier alpha value is -6.28. The Balaban J connectivity index is 2.83. The van der Waals surface area contributed by atoms with E-state index in [1.807, 2.05) is 0 Å². The van der Waals surface area contributed by atoms with Crippen molar-refractivity contribution in [3.8, 4) is 0 Å². The Morgan fingerprint density at radius 3 is 1.57 bits per heavy atom. The minimum absolute atomic E-state index is 0.0190. The van der Waals surface area contributed by atoms with E-state index in [4.69, 9.17) is 4.74 Å². The van der Waals surface area contributed by atoms with Gasteiger partial charge in [0.05, 0.1) is 25.9 Å². The number of likely N-dealkylation sites (N-methyl/N-ethyl adjacent to an activating group) is 3. The molecule has 446 valence electrons. The van der Waals surface area contributed by atoms with Crippen LogP contribution in [0.2, 0.25) is 0 Å². The summed E-state index contributed by atoms with van der Waals surface area (Å²) in [5.41, 5.74) is 0.610. The first kappa shape index (κ1) is 68.8. The van der Waals surface area contributed by atoms with Gasteiger partial charge in [-0.1, -0.05) is 106 Å². The van der Waals surface area contributed by atoms with E-state index in [1.54, 1.807) is 99.6 Å². The van der Waals surface area contributed by atoms with E-state index < -0.39 is 169 Å². The van der Waals surface area contributed by atoms with Crippen molar-refractivity contribution >= 4 is 59.1 Å². The number of carbonyl (C=O) groups excluding carboxylic acids is 10. The molecule has 2 rings (SSSR count). The fourth-order valence-corrected chi connectivity index (χ4v) is 9.10. The number of ether oxygens (including phenoxy) is 1. The molecule has 1 aromatic carbocycles. The second-order valence-corrected chi connectivity index (χ2v) is 22.0. The van der Waals surface area contributed by atoms with Crippen molar-refractivity contribution in [3.63, 3.8) is 0 Å². The van der Waals surface area contributed by atoms with E-state index in [1.165, 1.54) is 28.1 Å². The molecule has 2 unspecified atom stereocenters. The molecule has 1 aromatic rings. The molecule has 0 radical (unpaired) electrons. The van der Waals surface area contributed by atoms with E-state index in [0.29, 0.717) is 12.0 Å². The molecule has 11 N–H and O–H groups in total. The van der Waals surface area contributed by atoms with Crippen LogP contribution in [0.25, 0.3) is 0 Å². The van der Waals surface area contributed by atoms with Crippen molar-refractivity contribution < 1.29 is 78.2 Å². The molecule has 0 saturated carbocycles. The van der Waals surface area contributed by atoms with Crippen LogP contribution in [-0.4, -0.2) is 213 Å². The molecular formula is C54H89N9O16. The number of amides is 9. The molecule has 9 amide bonds. The van der Waals surface area contributed by atoms with Crippen molar-refractivity contribution in [1.29, 1.82) is 0 Å². The third-order valence-electron chi connectivity index (χ3n) is 13.9. The summed E-state index contributed by atoms with van der Waals surface area (Å²) in [4.78, 5) is 144. The minimum atomic E-state index is -2.47. The van der Waals surface area contributed by atoms with Gasteiger partial charge in [0, 0.05) is 27.6 Å². The maximum absolute atomic E-state index is 14.5. The number of aliphatic hydroxyl groups excluding tert-OH is 5. The number of cyclic esters (lactones) is 1. The average Bonchev–Trinajstić information content (AvgIpc) is 3.38. The summed E-state index contributed by atoms with van der Waals surface area (Å²) in [6.07, 6.45) is -8.29. The number of benzene rings is 1. The van der Waals surface area contributed by atoms with E-state index in [0.717, 1.165) is 14.7 Å². The van der Waals surface area contributed by atoms with Crippen molar-refractivity contribution in [2.75, 3.05) is 40.9 Å². The predicted octanol–water partition coefficient (Wildman–Crippen LogP) is -2.29. The van der Waals surface area contributed by atoms with Crippen LogP contribution in [0.3, 0.4) is 0 Å². The summed E-state index contributed by atoms with van der Waals surface area (Å²) in [7, 11) is 3.72. The lowest BCUT2D eigenvalue weighted by atomic mass is 9.97. The highest BCUT2D eigenvalue weighted by Crippen LogP contribution is 2.20. The van der Waals surface area contributed by atoms with Gasteiger partial charge < -0.3 is 76.9 Å². The predicted molar refractivity (Wildman–Crippen MR) is 288 cm³/mol. The second kappa shape index (κ2) is 32.1. The SMILES string of the molecule is CCC(C)[C@@H]1NC(=O)CNC(=O)[C@H](Cc2ccccc2)N(C)C(=O)[C@H](C(C)C)NC(=O)[C@H](C(C)O)N(C)C(=O)[C@H](CC(C)C)NC(=O)[C@H](O)[C@@H](O)[C@@H](CO)OC(=O)[C@H](C(C)C)N(C)C(=O)[C@H](CC(C)C)NC(=O)[C@H](CO)NC1=O. The number of carbonyl (C=O) groups is 10. The van der Waals surface area contributed by atoms with E-state index in [9.17, 15) is 73.5 Å². The molecule has 25 nitrogen and oxygen atoms in total. The summed E-state index contributed by atoms with van der Waals surface area (Å²) in [5, 5.41) is 69.4. The summed E-state index contributed by atoms with van der Waals surface area (Å²) >= 11 is 0. The van der Waals surface area contributed by atoms with Crippen molar-refractivity contribution in [1.82, 2.24) is 46.6 Å². The standard InChI is InChI=1S/C54H89N9O16/c1-15-31(10)41-48(72)58-36(25-64)46(70)56-34(21-27(2)3)51(75)62(13)42(30(8)9)54(78)79-38(26-65)44(68)45(69)50(74)57-35(22-28(4)5)52(76)63(14)43(32(11)66)49(73)60-40(29(6)7)53(77)61(12)37(23-33-19-17-16-18-20-33)47(71)55-24-39(67)59-41/h16-20,27-32,34-38,40-45,64-66,68-69H,15,21-26H2,1-14H3,(H,55,71)(H,56,70)(H,57,74)(H,58,72)(H,59,67)(H,60,73)/t31?,32?,34-,35-,36-,37-,38+,40-,41-,42-,43-,44-,45+/m0/s1. The van der Waals surface area contributed by atoms with Crippen LogP contribution in [-0.2, 0) is 59.1 Å². The van der Waals surface area contributed by atoms with Crippen LogP contribution in [0.1, 0.15) is 101 Å². The molecule has 1 aliphatic heterocycles. The fraction of sp³-hybridized carbons (Fsp3) is 0.704. The third-order valence-corrected chi connectivity index (χ3v) is 13.9. The zero-order valence-corrected chi connectivity index (χ0v) is 48.2. The number of esters is 1. The lowest BCUT2D eigenvalue weighted by Gasteiger charge is -2.36. The zero-order chi connectivity index (χ0) is 60.3. The smallest absolute Gasteiger partial charge is 0.329 e. The number of rotatable bonds is 13. The largest absolute Gasteiger partial charge is 0.455 e. The molecule has 1 fully saturated rings. The van der Waals surface area contributed by atoms with Crippen LogP contribution < -0.4 is 31.9 Å². The number of hydrogen-bond donors (Lipinski definition) is 11. The molecule has 0 spiro atoms. The van der Waals surface area contributed by atoms with Crippen LogP contribution in [0.15, 0.2) is 30.3 Å². The second-order valence-electron chi connectivity index (χ2n) is 22.0. The topological polar surface area (TPSA) is 363 Å². The first-order valence-corrected chi connectivity index (χ1v) is 26.9. The summed E-state index contributed by atoms with van der Waals surface area (Å²) < 4.78 is 5.46. The lowest BCUT2D eigenvalue weighted by molar-refractivity contribution is -0.175. The molecule has 0 aromatic heterocycles. The van der Waals surface area contributed by atoms with E-state index >= 15 is 0 Å². The van der Waals surface area contributed by atoms with Gasteiger partial charge >= 0.3 is 5.97 Å². The number of nitrogens with one attached hydrogen (secondary N) is 6. The van der Waals surface area contributed by atoms with Gasteiger partial charge in [-0.25, -0.2) is 4.79 Å². The Morgan fingerprint density at radius 2 is 1.10 bits per heavy atom. The molecule has 13 atom stereocenters. The highest BCUT2D eigenvalue weighted by molar-refractivity contribution is 5.98. The van der Waals surface area contributed by atoms with Crippen LogP contribution in [0.4, 0.5) is 0 Å². The van der Waals surface area contributed by atoms with Gasteiger partial charge in [-0.05, 0) is 54.9 Å². The van der Waals surface area contributed by atoms with Gasteiger partial charge in [0.15, 0.2) is 12.2 Å². The van der Waals surface area contributed by atoms with Crippen molar-refractivity contribution in [3.05, 3.63) is 35.9 Å². The fourth-order valence-electron chi connectivity index (χ4n) is 9.10. The third kappa shape index (κ3) is 19.8. The Kier molecular flexibility index (Phi) is 28.0. The summed E-state index contributed by atoms with van der Waals surface area (Å²) in [5.74, 6) is -12.3. The first-order chi connectivity index (χ1) is 36.8. The van der Waals surface area contributed by atoms with Gasteiger partial charge in [-0.15, -0.1) is 0 Å². The van der Waals surface area contributed by atoms with E-state index in [-0.39, 0.29) is 31.1 Å². The van der Waals surface area contributed by atoms with Crippen molar-refractivity contribution in [2.24, 2.45) is 29.6 Å². The quantitative estimate of drug-likeness (QED) is 0.0927. The molecule has 79 heavy (non-hydrogen) atoms. The highest BCUT2D eigenvalue weighted by atomic mass is 16.6. The molecule has 0 aliphatic carbocycles. The number of aliphatic hydroxyl groups is 5. The zero-order valence-electron chi connectivity index (χ0n) is 48.2. The minimum Gasteiger partial charge on any atom is -0.455 e. The van der Waals surface area contributed by atoms with Gasteiger partial charge in [-0.3, -0.25) is 43.2 Å². The molecule has 0 bridgehead atoms. The maximum Gasteiger partial charge on any atom is 0.329 e. The molecule has 25 heteroatoms. The molecule has 1 heterocycles. The molecule has 1 saturated heterocycles. The number of nitrogens with zero attached hydrogens (tertiary/aromatic N) is 3. The summed E-state index contributed by atoms with van der Waals surface area (Å²) in [6.45, 7) is 15.0. The van der Waals surface area contributed by atoms with Gasteiger partial charge in [0.1, 0.15) is 54.4 Å². The van der Waals surface area contributed by atoms with Crippen LogP contribution >= 0.6 is 0 Å². The molecule has 1 aliphatic rings. The van der Waals surface area contributed by atoms with E-state index in [2.05, 4.69) is 31.9 Å². The monoisotopic (exact) mass is 1120 g/mol. The normalized spacial score (nSPS) is 28.0. The molecular weight excluding hydrogens is 1030 g/mol. The first-order valence-electron chi connectivity index (χ1n) is 26.9. The van der Waals surface area contributed by atoms with Gasteiger partial charge in [0.2, 0.25) is 47.3 Å². The van der Waals surface area contributed by atoms with Crippen LogP contribution in [0, 0.1) is 29.6 Å². The lowest BCUT2D eigenvalue weighted by Crippen LogP contribution is -2.63. The summed E-state index contributed by atoms with van der Waals surface area (Å²) in [6, 6.07) is -3.23. The Labute approximate surface area is 463 Å². The maximum atomic E-state index is 14.5. The Bertz CT molecular complexity index is 2230. The van der Waals surface area contributed by atoms with Gasteiger partial charge in [0.25, 0.3) is 5.91 Å². The van der Waals surface area contributed by atoms with Crippen molar-refractivity contribution in [2.45, 2.75) is 175 Å². The van der Waals surface area contributed by atoms with Gasteiger partial charge in [-0.2, -0.15) is 0 Å². The highest BCUT2D eigenvalue weighted by Gasteiger charge is 2.43. The van der Waals surface area contributed by atoms with Crippen LogP contribution in [0.5, 0.6) is 0 Å².